The van der Waals surface area contributed by atoms with Gasteiger partial charge in [-0.2, -0.15) is 4.31 Å². The van der Waals surface area contributed by atoms with Crippen LogP contribution in [0.25, 0.3) is 0 Å². The van der Waals surface area contributed by atoms with Crippen LogP contribution in [0.3, 0.4) is 0 Å². The number of nitrogens with zero attached hydrogens (tertiary/aromatic N) is 2. The zero-order valence-electron chi connectivity index (χ0n) is 11.4. The molecule has 7 heteroatoms. The molecule has 1 aliphatic rings. The number of carbonyl (C=O) groups excluding carboxylic acids is 1. The van der Waals surface area contributed by atoms with Gasteiger partial charge < -0.3 is 5.32 Å². The summed E-state index contributed by atoms with van der Waals surface area (Å²) in [6.07, 6.45) is 6.61. The van der Waals surface area contributed by atoms with Crippen LogP contribution in [0.4, 0.5) is 0 Å². The zero-order valence-corrected chi connectivity index (χ0v) is 12.3. The first-order valence-corrected chi connectivity index (χ1v) is 8.47. The van der Waals surface area contributed by atoms with Crippen molar-refractivity contribution >= 4 is 15.9 Å². The molecule has 1 aromatic heterocycles. The number of amides is 1. The van der Waals surface area contributed by atoms with Gasteiger partial charge in [0.1, 0.15) is 6.04 Å². The van der Waals surface area contributed by atoms with E-state index < -0.39 is 16.1 Å². The quantitative estimate of drug-likeness (QED) is 0.840. The monoisotopic (exact) mass is 297 g/mol. The molecular formula is C13H19N3O3S. The van der Waals surface area contributed by atoms with Crippen molar-refractivity contribution in [3.05, 3.63) is 30.1 Å². The van der Waals surface area contributed by atoms with Gasteiger partial charge in [0.05, 0.1) is 6.26 Å². The summed E-state index contributed by atoms with van der Waals surface area (Å²) in [5, 5.41) is 2.80. The lowest BCUT2D eigenvalue weighted by molar-refractivity contribution is -0.124. The minimum atomic E-state index is -3.31. The number of carbonyl (C=O) groups is 1. The molecule has 1 saturated heterocycles. The van der Waals surface area contributed by atoms with Crippen LogP contribution in [0, 0.1) is 0 Å². The van der Waals surface area contributed by atoms with Crippen LogP contribution in [-0.4, -0.2) is 49.0 Å². The van der Waals surface area contributed by atoms with Gasteiger partial charge in [-0.25, -0.2) is 8.42 Å². The molecular weight excluding hydrogens is 278 g/mol. The van der Waals surface area contributed by atoms with Crippen molar-refractivity contribution in [1.29, 1.82) is 0 Å². The van der Waals surface area contributed by atoms with Gasteiger partial charge in [0.25, 0.3) is 0 Å². The zero-order chi connectivity index (χ0) is 14.6. The van der Waals surface area contributed by atoms with Crippen LogP contribution in [0.1, 0.15) is 18.4 Å². The molecule has 110 valence electrons. The molecule has 1 amide bonds. The lowest BCUT2D eigenvalue weighted by Crippen LogP contribution is -2.45. The Labute approximate surface area is 119 Å². The number of nitrogens with one attached hydrogen (secondary N) is 1. The maximum atomic E-state index is 12.1. The Morgan fingerprint density at radius 1 is 1.55 bits per heavy atom. The van der Waals surface area contributed by atoms with Gasteiger partial charge in [0.2, 0.25) is 15.9 Å². The van der Waals surface area contributed by atoms with Gasteiger partial charge in [-0.15, -0.1) is 0 Å². The molecule has 20 heavy (non-hydrogen) atoms. The van der Waals surface area contributed by atoms with Crippen LogP contribution in [0.2, 0.25) is 0 Å². The highest BCUT2D eigenvalue weighted by molar-refractivity contribution is 7.88. The van der Waals surface area contributed by atoms with Crippen molar-refractivity contribution in [3.8, 4) is 0 Å². The number of pyridine rings is 1. The second-order valence-electron chi connectivity index (χ2n) is 4.93. The molecule has 0 spiro atoms. The second kappa shape index (κ2) is 6.32. The molecule has 6 nitrogen and oxygen atoms in total. The first-order chi connectivity index (χ1) is 9.48. The van der Waals surface area contributed by atoms with Crippen LogP contribution < -0.4 is 5.32 Å². The van der Waals surface area contributed by atoms with Crippen molar-refractivity contribution in [3.63, 3.8) is 0 Å². The Kier molecular flexibility index (Phi) is 4.72. The van der Waals surface area contributed by atoms with Crippen molar-refractivity contribution in [2.75, 3.05) is 19.3 Å². The fourth-order valence-electron chi connectivity index (χ4n) is 2.39. The Bertz CT molecular complexity index is 559. The van der Waals surface area contributed by atoms with Crippen LogP contribution in [0.5, 0.6) is 0 Å². The van der Waals surface area contributed by atoms with Gasteiger partial charge >= 0.3 is 0 Å². The number of hydrogen-bond donors (Lipinski definition) is 1. The lowest BCUT2D eigenvalue weighted by Gasteiger charge is -2.21. The van der Waals surface area contributed by atoms with E-state index in [0.29, 0.717) is 25.9 Å². The van der Waals surface area contributed by atoms with Gasteiger partial charge in [-0.3, -0.25) is 9.78 Å². The first kappa shape index (κ1) is 14.9. The van der Waals surface area contributed by atoms with Gasteiger partial charge in [0.15, 0.2) is 0 Å². The van der Waals surface area contributed by atoms with Crippen molar-refractivity contribution < 1.29 is 13.2 Å². The Balaban J connectivity index is 1.86. The molecule has 1 aromatic rings. The van der Waals surface area contributed by atoms with Gasteiger partial charge in [0, 0.05) is 25.5 Å². The molecule has 1 N–H and O–H groups in total. The minimum Gasteiger partial charge on any atom is -0.354 e. The molecule has 0 aliphatic carbocycles. The summed E-state index contributed by atoms with van der Waals surface area (Å²) in [5.74, 6) is -0.211. The second-order valence-corrected chi connectivity index (χ2v) is 6.87. The third-order valence-electron chi connectivity index (χ3n) is 3.37. The maximum Gasteiger partial charge on any atom is 0.238 e. The summed E-state index contributed by atoms with van der Waals surface area (Å²) < 4.78 is 24.4. The normalized spacial score (nSPS) is 19.9. The molecule has 0 saturated carbocycles. The van der Waals surface area contributed by atoms with E-state index in [2.05, 4.69) is 10.3 Å². The summed E-state index contributed by atoms with van der Waals surface area (Å²) in [4.78, 5) is 16.1. The third-order valence-corrected chi connectivity index (χ3v) is 4.66. The molecule has 0 unspecified atom stereocenters. The van der Waals surface area contributed by atoms with Gasteiger partial charge in [-0.05, 0) is 30.9 Å². The number of rotatable bonds is 5. The van der Waals surface area contributed by atoms with E-state index >= 15 is 0 Å². The molecule has 1 fully saturated rings. The summed E-state index contributed by atoms with van der Waals surface area (Å²) >= 11 is 0. The lowest BCUT2D eigenvalue weighted by atomic mass is 10.2. The SMILES string of the molecule is CS(=O)(=O)N1CCC[C@@H]1C(=O)NCCc1cccnc1. The highest BCUT2D eigenvalue weighted by Gasteiger charge is 2.36. The Morgan fingerprint density at radius 3 is 3.00 bits per heavy atom. The fourth-order valence-corrected chi connectivity index (χ4v) is 3.52. The summed E-state index contributed by atoms with van der Waals surface area (Å²) in [6.45, 7) is 0.915. The predicted molar refractivity (Wildman–Crippen MR) is 75.5 cm³/mol. The Hall–Kier alpha value is -1.47. The molecule has 0 bridgehead atoms. The molecule has 1 atom stereocenters. The summed E-state index contributed by atoms with van der Waals surface area (Å²) in [6, 6.07) is 3.23. The van der Waals surface area contributed by atoms with Gasteiger partial charge in [-0.1, -0.05) is 6.07 Å². The molecule has 2 rings (SSSR count). The average Bonchev–Trinajstić information content (AvgIpc) is 2.89. The molecule has 0 radical (unpaired) electrons. The highest BCUT2D eigenvalue weighted by atomic mass is 32.2. The van der Waals surface area contributed by atoms with Crippen LogP contribution in [0.15, 0.2) is 24.5 Å². The number of sulfonamides is 1. The minimum absolute atomic E-state index is 0.211. The third kappa shape index (κ3) is 3.77. The number of hydrogen-bond acceptors (Lipinski definition) is 4. The standard InChI is InChI=1S/C13H19N3O3S/c1-20(18,19)16-9-3-5-12(16)13(17)15-8-6-11-4-2-7-14-10-11/h2,4,7,10,12H,3,5-6,8-9H2,1H3,(H,15,17)/t12-/m1/s1. The van der Waals surface area contributed by atoms with E-state index in [4.69, 9.17) is 0 Å². The largest absolute Gasteiger partial charge is 0.354 e. The number of aromatic nitrogens is 1. The maximum absolute atomic E-state index is 12.1. The van der Waals surface area contributed by atoms with E-state index in [9.17, 15) is 13.2 Å². The first-order valence-electron chi connectivity index (χ1n) is 6.62. The summed E-state index contributed by atoms with van der Waals surface area (Å²) in [7, 11) is -3.31. The van der Waals surface area contributed by atoms with Crippen molar-refractivity contribution in [2.24, 2.45) is 0 Å². The van der Waals surface area contributed by atoms with E-state index in [-0.39, 0.29) is 5.91 Å². The van der Waals surface area contributed by atoms with Crippen molar-refractivity contribution in [1.82, 2.24) is 14.6 Å². The van der Waals surface area contributed by atoms with E-state index in [0.717, 1.165) is 18.2 Å². The topological polar surface area (TPSA) is 79.4 Å². The van der Waals surface area contributed by atoms with Crippen LogP contribution in [-0.2, 0) is 21.2 Å². The molecule has 0 aromatic carbocycles. The smallest absolute Gasteiger partial charge is 0.238 e. The highest BCUT2D eigenvalue weighted by Crippen LogP contribution is 2.20. The van der Waals surface area contributed by atoms with Crippen molar-refractivity contribution in [2.45, 2.75) is 25.3 Å². The molecule has 2 heterocycles. The van der Waals surface area contributed by atoms with Crippen LogP contribution >= 0.6 is 0 Å². The molecule has 1 aliphatic heterocycles. The van der Waals surface area contributed by atoms with E-state index in [1.165, 1.54) is 4.31 Å². The fraction of sp³-hybridized carbons (Fsp3) is 0.538. The Morgan fingerprint density at radius 2 is 2.35 bits per heavy atom. The van der Waals surface area contributed by atoms with E-state index in [1.54, 1.807) is 12.4 Å². The van der Waals surface area contributed by atoms with E-state index in [1.807, 2.05) is 12.1 Å². The predicted octanol–water partition coefficient (Wildman–Crippen LogP) is 0.164. The summed E-state index contributed by atoms with van der Waals surface area (Å²) in [5.41, 5.74) is 1.04. The average molecular weight is 297 g/mol.